The largest absolute Gasteiger partial charge is 0.364 e. The summed E-state index contributed by atoms with van der Waals surface area (Å²) >= 11 is 6.01. The number of fused-ring (bicyclic) bond motifs is 1. The van der Waals surface area contributed by atoms with Crippen LogP contribution < -0.4 is 10.6 Å². The van der Waals surface area contributed by atoms with Crippen molar-refractivity contribution in [3.63, 3.8) is 0 Å². The average Bonchev–Trinajstić information content (AvgIpc) is 3.14. The van der Waals surface area contributed by atoms with Crippen molar-refractivity contribution >= 4 is 23.1 Å². The molecule has 2 atom stereocenters. The van der Waals surface area contributed by atoms with Gasteiger partial charge in [0.1, 0.15) is 17.2 Å². The monoisotopic (exact) mass is 328 g/mol. The molecule has 118 valence electrons. The summed E-state index contributed by atoms with van der Waals surface area (Å²) in [5.74, 6) is 1.35. The van der Waals surface area contributed by atoms with Crippen molar-refractivity contribution in [2.75, 3.05) is 18.4 Å². The smallest absolute Gasteiger partial charge is 0.145 e. The van der Waals surface area contributed by atoms with E-state index in [2.05, 4.69) is 27.5 Å². The van der Waals surface area contributed by atoms with E-state index in [1.54, 1.807) is 18.6 Å². The third-order valence-corrected chi connectivity index (χ3v) is 4.46. The summed E-state index contributed by atoms with van der Waals surface area (Å²) in [7, 11) is 0. The number of pyridine rings is 1. The highest BCUT2D eigenvalue weighted by Crippen LogP contribution is 2.22. The fraction of sp³-hybridized carbons (Fsp3) is 0.312. The van der Waals surface area contributed by atoms with E-state index in [0.717, 1.165) is 35.9 Å². The van der Waals surface area contributed by atoms with Gasteiger partial charge < -0.3 is 10.6 Å². The molecule has 6 nitrogen and oxygen atoms in total. The van der Waals surface area contributed by atoms with Crippen LogP contribution in [-0.4, -0.2) is 38.5 Å². The fourth-order valence-electron chi connectivity index (χ4n) is 2.90. The van der Waals surface area contributed by atoms with E-state index >= 15 is 0 Å². The Kier molecular flexibility index (Phi) is 3.63. The molecule has 1 aliphatic rings. The normalized spacial score (nSPS) is 21.0. The molecule has 1 aliphatic heterocycles. The molecule has 0 unspecified atom stereocenters. The molecule has 0 bridgehead atoms. The molecule has 7 heteroatoms. The number of aromatic nitrogens is 4. The summed E-state index contributed by atoms with van der Waals surface area (Å²) in [4.78, 5) is 13.4. The Morgan fingerprint density at radius 3 is 3.04 bits per heavy atom. The molecule has 0 radical (unpaired) electrons. The molecule has 3 aromatic heterocycles. The molecule has 4 rings (SSSR count). The van der Waals surface area contributed by atoms with E-state index in [4.69, 9.17) is 16.6 Å². The van der Waals surface area contributed by atoms with Crippen LogP contribution in [0.25, 0.3) is 17.0 Å². The van der Waals surface area contributed by atoms with Gasteiger partial charge >= 0.3 is 0 Å². The summed E-state index contributed by atoms with van der Waals surface area (Å²) in [6, 6.07) is 4.04. The van der Waals surface area contributed by atoms with Crippen LogP contribution in [0.3, 0.4) is 0 Å². The van der Waals surface area contributed by atoms with E-state index in [9.17, 15) is 0 Å². The van der Waals surface area contributed by atoms with Crippen molar-refractivity contribution in [3.8, 4) is 11.4 Å². The van der Waals surface area contributed by atoms with Crippen molar-refractivity contribution in [1.82, 2.24) is 24.7 Å². The van der Waals surface area contributed by atoms with Gasteiger partial charge in [0.2, 0.25) is 0 Å². The molecule has 23 heavy (non-hydrogen) atoms. The van der Waals surface area contributed by atoms with Gasteiger partial charge in [-0.3, -0.25) is 9.38 Å². The topological polar surface area (TPSA) is 67.1 Å². The van der Waals surface area contributed by atoms with E-state index < -0.39 is 0 Å². The second-order valence-electron chi connectivity index (χ2n) is 5.89. The van der Waals surface area contributed by atoms with E-state index in [1.807, 2.05) is 22.7 Å². The number of halogens is 1. The minimum atomic E-state index is 0.376. The average molecular weight is 329 g/mol. The lowest BCUT2D eigenvalue weighted by Gasteiger charge is -2.16. The molecule has 0 saturated carbocycles. The predicted molar refractivity (Wildman–Crippen MR) is 90.7 cm³/mol. The maximum Gasteiger partial charge on any atom is 0.145 e. The molecular weight excluding hydrogens is 312 g/mol. The zero-order valence-corrected chi connectivity index (χ0v) is 13.5. The van der Waals surface area contributed by atoms with Crippen LogP contribution in [0.5, 0.6) is 0 Å². The Morgan fingerprint density at radius 2 is 2.22 bits per heavy atom. The van der Waals surface area contributed by atoms with Crippen molar-refractivity contribution in [3.05, 3.63) is 41.9 Å². The molecule has 0 aliphatic carbocycles. The van der Waals surface area contributed by atoms with Crippen LogP contribution in [0.15, 0.2) is 36.9 Å². The third kappa shape index (κ3) is 2.75. The van der Waals surface area contributed by atoms with Gasteiger partial charge in [0, 0.05) is 29.9 Å². The highest BCUT2D eigenvalue weighted by atomic mass is 35.5. The van der Waals surface area contributed by atoms with Gasteiger partial charge in [-0.1, -0.05) is 18.5 Å². The van der Waals surface area contributed by atoms with Gasteiger partial charge in [0.05, 0.1) is 24.3 Å². The van der Waals surface area contributed by atoms with Crippen molar-refractivity contribution in [2.24, 2.45) is 5.92 Å². The Labute approximate surface area is 138 Å². The molecular formula is C16H17ClN6. The molecule has 2 N–H and O–H groups in total. The van der Waals surface area contributed by atoms with Gasteiger partial charge in [0.15, 0.2) is 0 Å². The summed E-state index contributed by atoms with van der Waals surface area (Å²) in [5.41, 5.74) is 2.47. The number of hydrogen-bond donors (Lipinski definition) is 2. The van der Waals surface area contributed by atoms with Crippen LogP contribution in [-0.2, 0) is 0 Å². The first-order valence-corrected chi connectivity index (χ1v) is 8.01. The Hall–Kier alpha value is -2.18. The lowest BCUT2D eigenvalue weighted by atomic mass is 10.1. The molecule has 3 aromatic rings. The van der Waals surface area contributed by atoms with Gasteiger partial charge in [-0.05, 0) is 18.5 Å². The highest BCUT2D eigenvalue weighted by Gasteiger charge is 2.23. The first-order chi connectivity index (χ1) is 11.2. The highest BCUT2D eigenvalue weighted by molar-refractivity contribution is 6.30. The number of imidazole rings is 1. The maximum atomic E-state index is 6.01. The van der Waals surface area contributed by atoms with Gasteiger partial charge in [-0.25, -0.2) is 9.97 Å². The number of nitrogens with zero attached hydrogens (tertiary/aromatic N) is 4. The molecule has 0 amide bonds. The minimum absolute atomic E-state index is 0.376. The SMILES string of the molecule is C[C@@H]1CNC[C@@H]1Nc1cncc(-c2cnc3cc(Cl)ccn23)n1. The van der Waals surface area contributed by atoms with E-state index in [0.29, 0.717) is 17.0 Å². The molecule has 0 spiro atoms. The van der Waals surface area contributed by atoms with Crippen molar-refractivity contribution in [2.45, 2.75) is 13.0 Å². The molecule has 1 saturated heterocycles. The third-order valence-electron chi connectivity index (χ3n) is 4.22. The van der Waals surface area contributed by atoms with E-state index in [1.165, 1.54) is 0 Å². The van der Waals surface area contributed by atoms with E-state index in [-0.39, 0.29) is 0 Å². The van der Waals surface area contributed by atoms with Gasteiger partial charge in [0.25, 0.3) is 0 Å². The quantitative estimate of drug-likeness (QED) is 0.773. The zero-order chi connectivity index (χ0) is 15.8. The maximum absolute atomic E-state index is 6.01. The summed E-state index contributed by atoms with van der Waals surface area (Å²) in [6.07, 6.45) is 7.19. The Morgan fingerprint density at radius 1 is 1.30 bits per heavy atom. The van der Waals surface area contributed by atoms with Crippen LogP contribution in [0.4, 0.5) is 5.82 Å². The summed E-state index contributed by atoms with van der Waals surface area (Å²) in [6.45, 7) is 4.20. The second kappa shape index (κ2) is 5.79. The predicted octanol–water partition coefficient (Wildman–Crippen LogP) is 2.46. The molecule has 1 fully saturated rings. The Balaban J connectivity index is 1.67. The molecule has 0 aromatic carbocycles. The van der Waals surface area contributed by atoms with Crippen LogP contribution >= 0.6 is 11.6 Å². The molecule has 4 heterocycles. The number of rotatable bonds is 3. The standard InChI is InChI=1S/C16H17ClN6/c1-10-5-18-6-12(10)21-15-9-19-7-13(22-15)14-8-20-16-4-11(17)2-3-23(14)16/h2-4,7-10,12,18H,5-6H2,1H3,(H,21,22)/t10-,12+/m1/s1. The van der Waals surface area contributed by atoms with Gasteiger partial charge in [-0.15, -0.1) is 0 Å². The fourth-order valence-corrected chi connectivity index (χ4v) is 3.05. The van der Waals surface area contributed by atoms with Crippen LogP contribution in [0.2, 0.25) is 5.02 Å². The lowest BCUT2D eigenvalue weighted by Crippen LogP contribution is -2.27. The summed E-state index contributed by atoms with van der Waals surface area (Å²) < 4.78 is 1.96. The van der Waals surface area contributed by atoms with Crippen LogP contribution in [0.1, 0.15) is 6.92 Å². The number of nitrogens with one attached hydrogen (secondary N) is 2. The van der Waals surface area contributed by atoms with Crippen molar-refractivity contribution in [1.29, 1.82) is 0 Å². The second-order valence-corrected chi connectivity index (χ2v) is 6.33. The lowest BCUT2D eigenvalue weighted by molar-refractivity contribution is 0.593. The Bertz CT molecular complexity index is 845. The first-order valence-electron chi connectivity index (χ1n) is 7.63. The van der Waals surface area contributed by atoms with Crippen molar-refractivity contribution < 1.29 is 0 Å². The first kappa shape index (κ1) is 14.4. The number of hydrogen-bond acceptors (Lipinski definition) is 5. The van der Waals surface area contributed by atoms with Crippen LogP contribution in [0, 0.1) is 5.92 Å². The minimum Gasteiger partial charge on any atom is -0.364 e. The summed E-state index contributed by atoms with van der Waals surface area (Å²) in [5, 5.41) is 7.51. The number of anilines is 1. The zero-order valence-electron chi connectivity index (χ0n) is 12.7. The van der Waals surface area contributed by atoms with Gasteiger partial charge in [-0.2, -0.15) is 0 Å².